The molecule has 1 aliphatic rings. The fraction of sp³-hybridized carbons (Fsp3) is 0.500. The molecule has 1 aliphatic carbocycles. The number of nitrogens with zero attached hydrogens (tertiary/aromatic N) is 2. The van der Waals surface area contributed by atoms with Gasteiger partial charge in [-0.2, -0.15) is 18.3 Å². The first-order chi connectivity index (χ1) is 14.7. The highest BCUT2D eigenvalue weighted by Gasteiger charge is 2.41. The Morgan fingerprint density at radius 3 is 2.42 bits per heavy atom. The Hall–Kier alpha value is -2.62. The Labute approximate surface area is 182 Å². The van der Waals surface area contributed by atoms with Crippen molar-refractivity contribution in [3.8, 4) is 17.2 Å². The number of rotatable bonds is 9. The third kappa shape index (κ3) is 4.84. The number of halogens is 4. The fourth-order valence-corrected chi connectivity index (χ4v) is 3.75. The summed E-state index contributed by atoms with van der Waals surface area (Å²) in [6, 6.07) is 3.13. The number of aromatic nitrogens is 2. The van der Waals surface area contributed by atoms with E-state index in [1.807, 2.05) is 0 Å². The van der Waals surface area contributed by atoms with Crippen LogP contribution in [0.3, 0.4) is 0 Å². The van der Waals surface area contributed by atoms with Crippen molar-refractivity contribution < 1.29 is 32.2 Å². The van der Waals surface area contributed by atoms with Crippen LogP contribution in [0.5, 0.6) is 17.2 Å². The number of benzene rings is 1. The second-order valence-corrected chi connectivity index (χ2v) is 7.41. The van der Waals surface area contributed by atoms with Crippen LogP contribution in [0.4, 0.5) is 13.2 Å². The minimum Gasteiger partial charge on any atom is -0.493 e. The maximum absolute atomic E-state index is 13.1. The molecule has 0 atom stereocenters. The largest absolute Gasteiger partial charge is 0.493 e. The zero-order chi connectivity index (χ0) is 22.8. The maximum atomic E-state index is 13.1. The van der Waals surface area contributed by atoms with E-state index in [1.165, 1.54) is 26.0 Å². The molecule has 11 heteroatoms. The number of amides is 1. The van der Waals surface area contributed by atoms with Crippen LogP contribution in [-0.2, 0) is 12.7 Å². The van der Waals surface area contributed by atoms with Gasteiger partial charge in [0.1, 0.15) is 0 Å². The number of nitrogens with one attached hydrogen (secondary N) is 1. The lowest BCUT2D eigenvalue weighted by atomic mass is 10.1. The monoisotopic (exact) mass is 461 g/mol. The summed E-state index contributed by atoms with van der Waals surface area (Å²) in [6.45, 7) is 0.421. The van der Waals surface area contributed by atoms with Gasteiger partial charge in [-0.1, -0.05) is 11.6 Å². The SMILES string of the molecule is COc1ccc(C(=O)NCCCn2nc(C(F)(F)F)c(Cl)c2C2CC2)c(OC)c1OC. The predicted molar refractivity (Wildman–Crippen MR) is 107 cm³/mol. The second-order valence-electron chi connectivity index (χ2n) is 7.03. The molecule has 1 amide bonds. The average Bonchev–Trinajstić information content (AvgIpc) is 3.51. The molecule has 0 aliphatic heterocycles. The molecule has 170 valence electrons. The second kappa shape index (κ2) is 9.25. The summed E-state index contributed by atoms with van der Waals surface area (Å²) >= 11 is 5.97. The number of methoxy groups -OCH3 is 3. The van der Waals surface area contributed by atoms with E-state index >= 15 is 0 Å². The van der Waals surface area contributed by atoms with E-state index in [-0.39, 0.29) is 41.1 Å². The Balaban J connectivity index is 1.66. The first-order valence-electron chi connectivity index (χ1n) is 9.63. The number of hydrogen-bond acceptors (Lipinski definition) is 5. The summed E-state index contributed by atoms with van der Waals surface area (Å²) in [6.07, 6.45) is -2.66. The molecule has 1 fully saturated rings. The summed E-state index contributed by atoms with van der Waals surface area (Å²) < 4.78 is 56.5. The predicted octanol–water partition coefficient (Wildman–Crippen LogP) is 4.28. The van der Waals surface area contributed by atoms with Gasteiger partial charge in [-0.05, 0) is 31.4 Å². The summed E-state index contributed by atoms with van der Waals surface area (Å²) in [5.41, 5.74) is -0.391. The molecule has 0 radical (unpaired) electrons. The third-order valence-electron chi connectivity index (χ3n) is 4.95. The molecule has 0 spiro atoms. The molecule has 1 aromatic carbocycles. The van der Waals surface area contributed by atoms with Gasteiger partial charge < -0.3 is 19.5 Å². The van der Waals surface area contributed by atoms with E-state index in [0.29, 0.717) is 17.9 Å². The number of carbonyl (C=O) groups is 1. The molecule has 0 saturated heterocycles. The van der Waals surface area contributed by atoms with Crippen molar-refractivity contribution in [2.45, 2.75) is 37.9 Å². The molecule has 31 heavy (non-hydrogen) atoms. The summed E-state index contributed by atoms with van der Waals surface area (Å²) in [5, 5.41) is 6.09. The highest BCUT2D eigenvalue weighted by Crippen LogP contribution is 2.47. The molecule has 0 unspecified atom stereocenters. The van der Waals surface area contributed by atoms with E-state index in [0.717, 1.165) is 12.8 Å². The molecular formula is C20H23ClF3N3O4. The van der Waals surface area contributed by atoms with Crippen LogP contribution in [0.25, 0.3) is 0 Å². The van der Waals surface area contributed by atoms with Crippen LogP contribution in [0.15, 0.2) is 12.1 Å². The molecule has 2 aromatic rings. The van der Waals surface area contributed by atoms with Crippen molar-refractivity contribution in [1.82, 2.24) is 15.1 Å². The minimum absolute atomic E-state index is 0.00159. The summed E-state index contributed by atoms with van der Waals surface area (Å²) in [4.78, 5) is 12.6. The first-order valence-corrected chi connectivity index (χ1v) is 10.0. The topological polar surface area (TPSA) is 74.6 Å². The Bertz CT molecular complexity index is 958. The number of hydrogen-bond donors (Lipinski definition) is 1. The van der Waals surface area contributed by atoms with Crippen molar-refractivity contribution in [2.75, 3.05) is 27.9 Å². The van der Waals surface area contributed by atoms with Crippen LogP contribution in [0.1, 0.15) is 46.9 Å². The van der Waals surface area contributed by atoms with Crippen LogP contribution < -0.4 is 19.5 Å². The average molecular weight is 462 g/mol. The molecular weight excluding hydrogens is 439 g/mol. The summed E-state index contributed by atoms with van der Waals surface area (Å²) in [7, 11) is 4.32. The zero-order valence-corrected chi connectivity index (χ0v) is 18.1. The van der Waals surface area contributed by atoms with Crippen LogP contribution >= 0.6 is 11.6 Å². The molecule has 3 rings (SSSR count). The number of alkyl halides is 3. The van der Waals surface area contributed by atoms with E-state index < -0.39 is 17.8 Å². The lowest BCUT2D eigenvalue weighted by molar-refractivity contribution is -0.141. The van der Waals surface area contributed by atoms with Crippen LogP contribution in [0.2, 0.25) is 5.02 Å². The third-order valence-corrected chi connectivity index (χ3v) is 5.32. The number of carbonyl (C=O) groups excluding carboxylic acids is 1. The van der Waals surface area contributed by atoms with E-state index in [9.17, 15) is 18.0 Å². The normalized spacial score (nSPS) is 13.8. The van der Waals surface area contributed by atoms with E-state index in [2.05, 4.69) is 10.4 Å². The van der Waals surface area contributed by atoms with Crippen molar-refractivity contribution in [2.24, 2.45) is 0 Å². The molecule has 1 aromatic heterocycles. The van der Waals surface area contributed by atoms with Gasteiger partial charge in [0.2, 0.25) is 5.75 Å². The molecule has 0 bridgehead atoms. The van der Waals surface area contributed by atoms with Crippen LogP contribution in [0, 0.1) is 0 Å². The maximum Gasteiger partial charge on any atom is 0.436 e. The highest BCUT2D eigenvalue weighted by atomic mass is 35.5. The standard InChI is InChI=1S/C20H23ClF3N3O4/c1-29-13-8-7-12(16(30-2)17(13)31-3)19(28)25-9-4-10-27-15(11-5-6-11)14(21)18(26-27)20(22,23)24/h7-8,11H,4-6,9-10H2,1-3H3,(H,25,28). The molecule has 7 nitrogen and oxygen atoms in total. The molecule has 1 saturated carbocycles. The van der Waals surface area contributed by atoms with Gasteiger partial charge in [0.05, 0.1) is 37.6 Å². The first kappa shape index (κ1) is 23.1. The van der Waals surface area contributed by atoms with Crippen molar-refractivity contribution in [1.29, 1.82) is 0 Å². The Morgan fingerprint density at radius 2 is 1.87 bits per heavy atom. The molecule has 1 N–H and O–H groups in total. The van der Waals surface area contributed by atoms with Crippen LogP contribution in [-0.4, -0.2) is 43.6 Å². The van der Waals surface area contributed by atoms with Crippen molar-refractivity contribution in [3.05, 3.63) is 34.1 Å². The van der Waals surface area contributed by atoms with Gasteiger partial charge in [-0.15, -0.1) is 0 Å². The van der Waals surface area contributed by atoms with Gasteiger partial charge in [0.25, 0.3) is 5.91 Å². The van der Waals surface area contributed by atoms with Gasteiger partial charge in [0, 0.05) is 19.0 Å². The van der Waals surface area contributed by atoms with Crippen molar-refractivity contribution in [3.63, 3.8) is 0 Å². The van der Waals surface area contributed by atoms with E-state index in [1.54, 1.807) is 12.1 Å². The van der Waals surface area contributed by atoms with Gasteiger partial charge in [-0.3, -0.25) is 9.48 Å². The highest BCUT2D eigenvalue weighted by molar-refractivity contribution is 6.32. The zero-order valence-electron chi connectivity index (χ0n) is 17.3. The number of ether oxygens (including phenoxy) is 3. The van der Waals surface area contributed by atoms with Gasteiger partial charge >= 0.3 is 6.18 Å². The lowest BCUT2D eigenvalue weighted by Gasteiger charge is -2.15. The van der Waals surface area contributed by atoms with Crippen molar-refractivity contribution >= 4 is 17.5 Å². The Kier molecular flexibility index (Phi) is 6.88. The quantitative estimate of drug-likeness (QED) is 0.564. The summed E-state index contributed by atoms with van der Waals surface area (Å²) in [5.74, 6) is 0.526. The smallest absolute Gasteiger partial charge is 0.436 e. The van der Waals surface area contributed by atoms with Gasteiger partial charge in [0.15, 0.2) is 17.2 Å². The lowest BCUT2D eigenvalue weighted by Crippen LogP contribution is -2.26. The molecule has 1 heterocycles. The fourth-order valence-electron chi connectivity index (χ4n) is 3.36. The minimum atomic E-state index is -4.61. The Morgan fingerprint density at radius 1 is 1.19 bits per heavy atom. The van der Waals surface area contributed by atoms with Gasteiger partial charge in [-0.25, -0.2) is 0 Å². The number of aryl methyl sites for hydroxylation is 1. The van der Waals surface area contributed by atoms with E-state index in [4.69, 9.17) is 25.8 Å².